The van der Waals surface area contributed by atoms with Crippen LogP contribution in [0.5, 0.6) is 0 Å². The van der Waals surface area contributed by atoms with Crippen molar-refractivity contribution in [2.24, 2.45) is 0 Å². The van der Waals surface area contributed by atoms with Gasteiger partial charge in [0, 0.05) is 7.11 Å². The maximum absolute atomic E-state index is 10.5. The number of aldehydes is 1. The molecule has 0 radical (unpaired) electrons. The van der Waals surface area contributed by atoms with Gasteiger partial charge in [-0.25, -0.2) is 0 Å². The van der Waals surface area contributed by atoms with Crippen molar-refractivity contribution in [1.29, 1.82) is 0 Å². The molecule has 0 aliphatic rings. The third kappa shape index (κ3) is 1.92. The van der Waals surface area contributed by atoms with Gasteiger partial charge in [-0.1, -0.05) is 29.8 Å². The van der Waals surface area contributed by atoms with Crippen LogP contribution < -0.4 is 0 Å². The van der Waals surface area contributed by atoms with E-state index in [1.54, 1.807) is 0 Å². The number of carbonyl (C=O) groups is 1. The predicted octanol–water partition coefficient (Wildman–Crippen LogP) is 1.88. The summed E-state index contributed by atoms with van der Waals surface area (Å²) in [6.45, 7) is 1.99. The van der Waals surface area contributed by atoms with Gasteiger partial charge in [0.2, 0.25) is 0 Å². The van der Waals surface area contributed by atoms with Crippen LogP contribution in [0.3, 0.4) is 0 Å². The zero-order valence-electron chi connectivity index (χ0n) is 7.28. The molecule has 0 N–H and O–H groups in total. The van der Waals surface area contributed by atoms with Gasteiger partial charge in [-0.3, -0.25) is 0 Å². The second-order valence-electron chi connectivity index (χ2n) is 2.71. The third-order valence-corrected chi connectivity index (χ3v) is 1.75. The first-order valence-corrected chi connectivity index (χ1v) is 3.82. The van der Waals surface area contributed by atoms with Crippen LogP contribution in [0.25, 0.3) is 0 Å². The Morgan fingerprint density at radius 3 is 2.75 bits per heavy atom. The molecule has 0 spiro atoms. The van der Waals surface area contributed by atoms with Gasteiger partial charge < -0.3 is 9.53 Å². The first-order valence-electron chi connectivity index (χ1n) is 3.82. The van der Waals surface area contributed by atoms with E-state index in [1.165, 1.54) is 7.11 Å². The molecule has 1 unspecified atom stereocenters. The van der Waals surface area contributed by atoms with Crippen LogP contribution in [0, 0.1) is 6.92 Å². The van der Waals surface area contributed by atoms with Crippen molar-refractivity contribution in [1.82, 2.24) is 0 Å². The molecular weight excluding hydrogens is 152 g/mol. The summed E-state index contributed by atoms with van der Waals surface area (Å²) in [5.74, 6) is 0. The Morgan fingerprint density at radius 2 is 2.25 bits per heavy atom. The van der Waals surface area contributed by atoms with Crippen molar-refractivity contribution in [3.05, 3.63) is 35.4 Å². The molecule has 0 amide bonds. The molecule has 0 aliphatic heterocycles. The summed E-state index contributed by atoms with van der Waals surface area (Å²) in [6.07, 6.45) is 0.374. The zero-order chi connectivity index (χ0) is 8.97. The summed E-state index contributed by atoms with van der Waals surface area (Å²) in [5.41, 5.74) is 2.05. The number of hydrogen-bond donors (Lipinski definition) is 0. The normalized spacial score (nSPS) is 12.5. The van der Waals surface area contributed by atoms with E-state index in [0.29, 0.717) is 0 Å². The number of ether oxygens (including phenoxy) is 1. The maximum Gasteiger partial charge on any atom is 0.153 e. The first kappa shape index (κ1) is 8.94. The smallest absolute Gasteiger partial charge is 0.153 e. The Labute approximate surface area is 72.2 Å². The average molecular weight is 164 g/mol. The molecule has 2 heteroatoms. The van der Waals surface area contributed by atoms with Crippen molar-refractivity contribution < 1.29 is 9.53 Å². The van der Waals surface area contributed by atoms with E-state index in [9.17, 15) is 4.79 Å². The number of hydrogen-bond acceptors (Lipinski definition) is 2. The van der Waals surface area contributed by atoms with E-state index in [-0.39, 0.29) is 0 Å². The lowest BCUT2D eigenvalue weighted by Gasteiger charge is -2.08. The quantitative estimate of drug-likeness (QED) is 0.637. The standard InChI is InChI=1S/C10H12O2/c1-8-4-3-5-9(6-8)10(7-11)12-2/h3-7,10H,1-2H3. The first-order chi connectivity index (χ1) is 5.77. The van der Waals surface area contributed by atoms with Gasteiger partial charge in [-0.05, 0) is 12.5 Å². The van der Waals surface area contributed by atoms with E-state index in [4.69, 9.17) is 4.74 Å². The minimum atomic E-state index is -0.426. The molecule has 0 saturated heterocycles. The zero-order valence-corrected chi connectivity index (χ0v) is 7.28. The van der Waals surface area contributed by atoms with Crippen LogP contribution in [0.1, 0.15) is 17.2 Å². The number of rotatable bonds is 3. The summed E-state index contributed by atoms with van der Waals surface area (Å²) < 4.78 is 4.97. The monoisotopic (exact) mass is 164 g/mol. The highest BCUT2D eigenvalue weighted by Crippen LogP contribution is 2.14. The van der Waals surface area contributed by atoms with Crippen LogP contribution >= 0.6 is 0 Å². The molecule has 2 nitrogen and oxygen atoms in total. The van der Waals surface area contributed by atoms with E-state index in [0.717, 1.165) is 17.4 Å². The molecule has 0 aromatic heterocycles. The van der Waals surface area contributed by atoms with Gasteiger partial charge in [-0.2, -0.15) is 0 Å². The van der Waals surface area contributed by atoms with Crippen LogP contribution in [0.4, 0.5) is 0 Å². The highest BCUT2D eigenvalue weighted by molar-refractivity contribution is 5.60. The minimum absolute atomic E-state index is 0.426. The van der Waals surface area contributed by atoms with Crippen LogP contribution in [0.2, 0.25) is 0 Å². The Kier molecular flexibility index (Phi) is 3.00. The maximum atomic E-state index is 10.5. The molecule has 0 saturated carbocycles. The largest absolute Gasteiger partial charge is 0.369 e. The Morgan fingerprint density at radius 1 is 1.50 bits per heavy atom. The van der Waals surface area contributed by atoms with Gasteiger partial charge in [0.25, 0.3) is 0 Å². The van der Waals surface area contributed by atoms with Gasteiger partial charge in [-0.15, -0.1) is 0 Å². The average Bonchev–Trinajstić information content (AvgIpc) is 2.07. The molecule has 1 aromatic carbocycles. The summed E-state index contributed by atoms with van der Waals surface area (Å²) in [7, 11) is 1.53. The van der Waals surface area contributed by atoms with Crippen molar-refractivity contribution >= 4 is 6.29 Å². The van der Waals surface area contributed by atoms with Gasteiger partial charge in [0.05, 0.1) is 0 Å². The fourth-order valence-electron chi connectivity index (χ4n) is 1.12. The highest BCUT2D eigenvalue weighted by atomic mass is 16.5. The van der Waals surface area contributed by atoms with E-state index in [2.05, 4.69) is 0 Å². The Hall–Kier alpha value is -1.15. The van der Waals surface area contributed by atoms with E-state index >= 15 is 0 Å². The van der Waals surface area contributed by atoms with E-state index in [1.807, 2.05) is 31.2 Å². The highest BCUT2D eigenvalue weighted by Gasteiger charge is 2.07. The second kappa shape index (κ2) is 4.02. The summed E-state index contributed by atoms with van der Waals surface area (Å²) in [5, 5.41) is 0. The number of methoxy groups -OCH3 is 1. The lowest BCUT2D eigenvalue weighted by atomic mass is 10.1. The van der Waals surface area contributed by atoms with Crippen molar-refractivity contribution in [2.45, 2.75) is 13.0 Å². The van der Waals surface area contributed by atoms with Crippen molar-refractivity contribution in [3.63, 3.8) is 0 Å². The number of carbonyl (C=O) groups excluding carboxylic acids is 1. The van der Waals surface area contributed by atoms with Gasteiger partial charge in [0.15, 0.2) is 6.29 Å². The minimum Gasteiger partial charge on any atom is -0.369 e. The summed E-state index contributed by atoms with van der Waals surface area (Å²) in [6, 6.07) is 7.74. The van der Waals surface area contributed by atoms with Gasteiger partial charge >= 0.3 is 0 Å². The molecule has 0 bridgehead atoms. The molecular formula is C10H12O2. The Balaban J connectivity index is 2.93. The summed E-state index contributed by atoms with van der Waals surface area (Å²) >= 11 is 0. The Bertz CT molecular complexity index is 268. The lowest BCUT2D eigenvalue weighted by molar-refractivity contribution is -0.116. The van der Waals surface area contributed by atoms with Crippen LogP contribution in [-0.4, -0.2) is 13.4 Å². The van der Waals surface area contributed by atoms with Crippen molar-refractivity contribution in [3.8, 4) is 0 Å². The SMILES string of the molecule is COC(C=O)c1cccc(C)c1. The number of benzene rings is 1. The fraction of sp³-hybridized carbons (Fsp3) is 0.300. The molecule has 12 heavy (non-hydrogen) atoms. The second-order valence-corrected chi connectivity index (χ2v) is 2.71. The van der Waals surface area contributed by atoms with E-state index < -0.39 is 6.10 Å². The molecule has 1 atom stereocenters. The lowest BCUT2D eigenvalue weighted by Crippen LogP contribution is -2.02. The molecule has 0 fully saturated rings. The van der Waals surface area contributed by atoms with Crippen LogP contribution in [-0.2, 0) is 9.53 Å². The van der Waals surface area contributed by atoms with Gasteiger partial charge in [0.1, 0.15) is 6.10 Å². The summed E-state index contributed by atoms with van der Waals surface area (Å²) in [4.78, 5) is 10.5. The molecule has 64 valence electrons. The molecule has 0 heterocycles. The third-order valence-electron chi connectivity index (χ3n) is 1.75. The molecule has 1 rings (SSSR count). The number of aryl methyl sites for hydroxylation is 1. The topological polar surface area (TPSA) is 26.3 Å². The molecule has 1 aromatic rings. The predicted molar refractivity (Wildman–Crippen MR) is 47.0 cm³/mol. The molecule has 0 aliphatic carbocycles. The fourth-order valence-corrected chi connectivity index (χ4v) is 1.12. The van der Waals surface area contributed by atoms with Crippen LogP contribution in [0.15, 0.2) is 24.3 Å². The van der Waals surface area contributed by atoms with Crippen molar-refractivity contribution in [2.75, 3.05) is 7.11 Å².